The maximum Gasteiger partial charge on any atom is 0.102 e. The van der Waals surface area contributed by atoms with Crippen LogP contribution in [0, 0.1) is 10.6 Å². The molecule has 2 aromatic rings. The maximum absolute atomic E-state index is 4.33. The SMILES string of the molecule is Cc1nc(I)cc2cccnc12. The van der Waals surface area contributed by atoms with E-state index in [4.69, 9.17) is 0 Å². The van der Waals surface area contributed by atoms with Gasteiger partial charge in [0.25, 0.3) is 0 Å². The van der Waals surface area contributed by atoms with Crippen LogP contribution in [0.2, 0.25) is 0 Å². The topological polar surface area (TPSA) is 25.8 Å². The molecule has 0 aliphatic rings. The molecule has 0 amide bonds. The summed E-state index contributed by atoms with van der Waals surface area (Å²) in [5.74, 6) is 0. The molecule has 2 aromatic heterocycles. The largest absolute Gasteiger partial charge is 0.254 e. The number of hydrogen-bond acceptors (Lipinski definition) is 2. The van der Waals surface area contributed by atoms with Gasteiger partial charge >= 0.3 is 0 Å². The van der Waals surface area contributed by atoms with E-state index in [-0.39, 0.29) is 0 Å². The van der Waals surface area contributed by atoms with Gasteiger partial charge in [0.2, 0.25) is 0 Å². The molecule has 0 fully saturated rings. The first-order chi connectivity index (χ1) is 5.77. The van der Waals surface area contributed by atoms with E-state index in [1.54, 1.807) is 6.20 Å². The van der Waals surface area contributed by atoms with Gasteiger partial charge in [-0.3, -0.25) is 4.98 Å². The molecule has 0 saturated carbocycles. The number of halogens is 1. The van der Waals surface area contributed by atoms with Crippen molar-refractivity contribution in [2.45, 2.75) is 6.92 Å². The van der Waals surface area contributed by atoms with E-state index in [0.717, 1.165) is 20.3 Å². The predicted molar refractivity (Wildman–Crippen MR) is 57.0 cm³/mol. The van der Waals surface area contributed by atoms with E-state index in [9.17, 15) is 0 Å². The van der Waals surface area contributed by atoms with Crippen molar-refractivity contribution in [1.29, 1.82) is 0 Å². The lowest BCUT2D eigenvalue weighted by Gasteiger charge is -1.99. The predicted octanol–water partition coefficient (Wildman–Crippen LogP) is 2.54. The molecule has 0 aromatic carbocycles. The van der Waals surface area contributed by atoms with Gasteiger partial charge in [-0.15, -0.1) is 0 Å². The van der Waals surface area contributed by atoms with E-state index in [1.807, 2.05) is 19.1 Å². The van der Waals surface area contributed by atoms with Gasteiger partial charge in [-0.25, -0.2) is 4.98 Å². The molecule has 0 spiro atoms. The summed E-state index contributed by atoms with van der Waals surface area (Å²) in [6, 6.07) is 6.03. The second kappa shape index (κ2) is 2.97. The minimum atomic E-state index is 0.998. The Morgan fingerprint density at radius 2 is 2.25 bits per heavy atom. The number of rotatable bonds is 0. The molecule has 0 aliphatic carbocycles. The second-order valence-corrected chi connectivity index (χ2v) is 3.71. The van der Waals surface area contributed by atoms with Gasteiger partial charge in [0.1, 0.15) is 3.70 Å². The average molecular weight is 270 g/mol. The molecular weight excluding hydrogens is 263 g/mol. The smallest absolute Gasteiger partial charge is 0.102 e. The summed E-state index contributed by atoms with van der Waals surface area (Å²) in [4.78, 5) is 8.58. The third kappa shape index (κ3) is 1.29. The third-order valence-electron chi connectivity index (χ3n) is 1.73. The van der Waals surface area contributed by atoms with Crippen LogP contribution in [0.1, 0.15) is 5.69 Å². The van der Waals surface area contributed by atoms with E-state index in [2.05, 4.69) is 38.6 Å². The van der Waals surface area contributed by atoms with Crippen LogP contribution in [0.3, 0.4) is 0 Å². The lowest BCUT2D eigenvalue weighted by atomic mass is 10.2. The fourth-order valence-corrected chi connectivity index (χ4v) is 1.91. The maximum atomic E-state index is 4.33. The Labute approximate surface area is 84.2 Å². The van der Waals surface area contributed by atoms with Crippen molar-refractivity contribution in [3.63, 3.8) is 0 Å². The Morgan fingerprint density at radius 3 is 3.08 bits per heavy atom. The Hall–Kier alpha value is -0.710. The van der Waals surface area contributed by atoms with Crippen molar-refractivity contribution >= 4 is 33.5 Å². The summed E-state index contributed by atoms with van der Waals surface area (Å²) in [5, 5.41) is 1.16. The van der Waals surface area contributed by atoms with Gasteiger partial charge < -0.3 is 0 Å². The van der Waals surface area contributed by atoms with Crippen LogP contribution in [-0.2, 0) is 0 Å². The zero-order valence-electron chi connectivity index (χ0n) is 6.58. The highest BCUT2D eigenvalue weighted by molar-refractivity contribution is 14.1. The van der Waals surface area contributed by atoms with Crippen molar-refractivity contribution in [2.75, 3.05) is 0 Å². The first kappa shape index (κ1) is 7.91. The molecule has 12 heavy (non-hydrogen) atoms. The minimum Gasteiger partial charge on any atom is -0.254 e. The molecule has 0 radical (unpaired) electrons. The number of aryl methyl sites for hydroxylation is 1. The highest BCUT2D eigenvalue weighted by Crippen LogP contribution is 2.15. The molecule has 0 N–H and O–H groups in total. The third-order valence-corrected chi connectivity index (χ3v) is 2.28. The van der Waals surface area contributed by atoms with Gasteiger partial charge in [-0.1, -0.05) is 6.07 Å². The number of pyridine rings is 2. The van der Waals surface area contributed by atoms with Crippen LogP contribution in [0.4, 0.5) is 0 Å². The summed E-state index contributed by atoms with van der Waals surface area (Å²) in [6.07, 6.45) is 1.80. The number of hydrogen-bond donors (Lipinski definition) is 0. The van der Waals surface area contributed by atoms with Gasteiger partial charge in [-0.2, -0.15) is 0 Å². The zero-order chi connectivity index (χ0) is 8.55. The summed E-state index contributed by atoms with van der Waals surface area (Å²) in [5.41, 5.74) is 2.00. The van der Waals surface area contributed by atoms with E-state index < -0.39 is 0 Å². The fourth-order valence-electron chi connectivity index (χ4n) is 1.21. The van der Waals surface area contributed by atoms with E-state index >= 15 is 0 Å². The first-order valence-electron chi connectivity index (χ1n) is 3.65. The average Bonchev–Trinajstić information content (AvgIpc) is 2.04. The standard InChI is InChI=1S/C9H7IN2/c1-6-9-7(3-2-4-11-9)5-8(10)12-6/h2-5H,1H3. The first-order valence-corrected chi connectivity index (χ1v) is 4.73. The van der Waals surface area contributed by atoms with Crippen LogP contribution in [0.25, 0.3) is 10.9 Å². The number of nitrogens with zero attached hydrogens (tertiary/aromatic N) is 2. The molecule has 0 atom stereocenters. The van der Waals surface area contributed by atoms with Crippen LogP contribution in [-0.4, -0.2) is 9.97 Å². The number of fused-ring (bicyclic) bond motifs is 1. The summed E-state index contributed by atoms with van der Waals surface area (Å²) < 4.78 is 1.02. The molecule has 60 valence electrons. The Bertz CT molecular complexity index is 426. The van der Waals surface area contributed by atoms with Crippen molar-refractivity contribution < 1.29 is 0 Å². The van der Waals surface area contributed by atoms with Crippen LogP contribution >= 0.6 is 22.6 Å². The highest BCUT2D eigenvalue weighted by atomic mass is 127. The van der Waals surface area contributed by atoms with Gasteiger partial charge in [-0.05, 0) is 41.6 Å². The van der Waals surface area contributed by atoms with Crippen molar-refractivity contribution in [3.8, 4) is 0 Å². The Balaban J connectivity index is 2.89. The quantitative estimate of drug-likeness (QED) is 0.543. The fraction of sp³-hybridized carbons (Fsp3) is 0.111. The lowest BCUT2D eigenvalue weighted by molar-refractivity contribution is 1.17. The Morgan fingerprint density at radius 1 is 1.42 bits per heavy atom. The minimum absolute atomic E-state index is 0.998. The lowest BCUT2D eigenvalue weighted by Crippen LogP contribution is -1.89. The molecule has 0 unspecified atom stereocenters. The molecule has 2 heterocycles. The van der Waals surface area contributed by atoms with Crippen LogP contribution in [0.5, 0.6) is 0 Å². The van der Waals surface area contributed by atoms with Gasteiger partial charge in [0, 0.05) is 11.6 Å². The normalized spacial score (nSPS) is 10.5. The zero-order valence-corrected chi connectivity index (χ0v) is 8.74. The summed E-state index contributed by atoms with van der Waals surface area (Å²) in [7, 11) is 0. The molecular formula is C9H7IN2. The van der Waals surface area contributed by atoms with Crippen molar-refractivity contribution in [2.24, 2.45) is 0 Å². The van der Waals surface area contributed by atoms with Gasteiger partial charge in [0.05, 0.1) is 11.2 Å². The monoisotopic (exact) mass is 270 g/mol. The second-order valence-electron chi connectivity index (χ2n) is 2.61. The summed E-state index contributed by atoms with van der Waals surface area (Å²) >= 11 is 2.21. The highest BCUT2D eigenvalue weighted by Gasteiger charge is 1.99. The molecule has 0 aliphatic heterocycles. The molecule has 0 bridgehead atoms. The van der Waals surface area contributed by atoms with E-state index in [0.29, 0.717) is 0 Å². The molecule has 3 heteroatoms. The molecule has 0 saturated heterocycles. The molecule has 2 nitrogen and oxygen atoms in total. The van der Waals surface area contributed by atoms with Gasteiger partial charge in [0.15, 0.2) is 0 Å². The van der Waals surface area contributed by atoms with Crippen LogP contribution < -0.4 is 0 Å². The van der Waals surface area contributed by atoms with E-state index in [1.165, 1.54) is 0 Å². The van der Waals surface area contributed by atoms with Crippen LogP contribution in [0.15, 0.2) is 24.4 Å². The Kier molecular flexibility index (Phi) is 1.96. The molecule has 2 rings (SSSR count). The summed E-state index contributed by atoms with van der Waals surface area (Å²) in [6.45, 7) is 1.98. The van der Waals surface area contributed by atoms with Crippen molar-refractivity contribution in [3.05, 3.63) is 33.8 Å². The van der Waals surface area contributed by atoms with Crippen molar-refractivity contribution in [1.82, 2.24) is 9.97 Å². The number of aromatic nitrogens is 2.